The number of nitrogens with zero attached hydrogens (tertiary/aromatic N) is 3. The lowest BCUT2D eigenvalue weighted by Crippen LogP contribution is -2.50. The van der Waals surface area contributed by atoms with Crippen LogP contribution in [0.3, 0.4) is 0 Å². The minimum Gasteiger partial charge on any atom is -0.406 e. The quantitative estimate of drug-likeness (QED) is 0.517. The van der Waals surface area contributed by atoms with Gasteiger partial charge in [0.15, 0.2) is 0 Å². The number of alkyl halides is 3. The average Bonchev–Trinajstić information content (AvgIpc) is 3.27. The Bertz CT molecular complexity index is 1500. The molecule has 0 bridgehead atoms. The van der Waals surface area contributed by atoms with E-state index in [1.54, 1.807) is 17.0 Å². The lowest BCUT2D eigenvalue weighted by Gasteiger charge is -2.34. The Morgan fingerprint density at radius 1 is 1.10 bits per heavy atom. The Morgan fingerprint density at radius 3 is 2.48 bits per heavy atom. The molecule has 0 aromatic heterocycles. The maximum Gasteiger partial charge on any atom is 0.573 e. The molecule has 42 heavy (non-hydrogen) atoms. The number of amides is 2. The zero-order valence-electron chi connectivity index (χ0n) is 22.9. The third-order valence-electron chi connectivity index (χ3n) is 7.87. The fourth-order valence-electron chi connectivity index (χ4n) is 5.46. The third-order valence-corrected chi connectivity index (χ3v) is 9.74. The first-order valence-electron chi connectivity index (χ1n) is 13.6. The van der Waals surface area contributed by atoms with Gasteiger partial charge in [0, 0.05) is 37.3 Å². The molecule has 0 unspecified atom stereocenters. The summed E-state index contributed by atoms with van der Waals surface area (Å²) in [6.07, 6.45) is -4.38. The van der Waals surface area contributed by atoms with Crippen molar-refractivity contribution in [1.29, 1.82) is 0 Å². The molecule has 5 rings (SSSR count). The number of sulfonamides is 1. The highest BCUT2D eigenvalue weighted by molar-refractivity contribution is 7.89. The van der Waals surface area contributed by atoms with Crippen molar-refractivity contribution in [3.63, 3.8) is 0 Å². The molecule has 14 heteroatoms. The molecule has 0 radical (unpaired) electrons. The van der Waals surface area contributed by atoms with Crippen molar-refractivity contribution < 1.29 is 40.7 Å². The number of piperidine rings is 1. The summed E-state index contributed by atoms with van der Waals surface area (Å²) in [7, 11) is -3.69. The van der Waals surface area contributed by atoms with E-state index < -0.39 is 33.6 Å². The molecule has 2 aromatic rings. The molecule has 226 valence electrons. The second kappa shape index (κ2) is 11.7. The van der Waals surface area contributed by atoms with Gasteiger partial charge in [0.25, 0.3) is 11.8 Å². The lowest BCUT2D eigenvalue weighted by molar-refractivity contribution is -0.274. The largest absolute Gasteiger partial charge is 0.573 e. The number of nitrogens with one attached hydrogen (secondary N) is 1. The SMILES string of the molecule is Cc1c(CCS(=O)(=O)N2CCC3(CC2)N=C(c2cccc(OC(F)(F)F)c2)NC3=O)cccc1C(=O)N1CCOCC1. The summed E-state index contributed by atoms with van der Waals surface area (Å²) < 4.78 is 75.0. The summed E-state index contributed by atoms with van der Waals surface area (Å²) in [5.74, 6) is -1.01. The predicted molar refractivity (Wildman–Crippen MR) is 147 cm³/mol. The number of rotatable bonds is 7. The second-order valence-corrected chi connectivity index (χ2v) is 12.6. The van der Waals surface area contributed by atoms with Crippen LogP contribution in [0.5, 0.6) is 5.75 Å². The van der Waals surface area contributed by atoms with Crippen LogP contribution in [0.4, 0.5) is 13.2 Å². The third kappa shape index (κ3) is 6.45. The summed E-state index contributed by atoms with van der Waals surface area (Å²) in [6.45, 7) is 3.94. The maximum absolute atomic E-state index is 13.3. The highest BCUT2D eigenvalue weighted by Gasteiger charge is 2.47. The van der Waals surface area contributed by atoms with Crippen LogP contribution in [0.2, 0.25) is 0 Å². The van der Waals surface area contributed by atoms with E-state index in [-0.39, 0.29) is 55.4 Å². The van der Waals surface area contributed by atoms with Crippen LogP contribution < -0.4 is 10.1 Å². The van der Waals surface area contributed by atoms with E-state index in [0.717, 1.165) is 23.3 Å². The van der Waals surface area contributed by atoms with E-state index in [1.165, 1.54) is 16.4 Å². The number of halogens is 3. The smallest absolute Gasteiger partial charge is 0.406 e. The van der Waals surface area contributed by atoms with E-state index >= 15 is 0 Å². The number of carbonyl (C=O) groups is 2. The molecular formula is C28H31F3N4O6S. The summed E-state index contributed by atoms with van der Waals surface area (Å²) in [4.78, 5) is 32.2. The fourth-order valence-corrected chi connectivity index (χ4v) is 6.93. The molecule has 2 saturated heterocycles. The number of aliphatic imine (C=N–C) groups is 1. The molecule has 3 heterocycles. The van der Waals surface area contributed by atoms with Crippen LogP contribution in [-0.2, 0) is 26.0 Å². The van der Waals surface area contributed by atoms with Gasteiger partial charge in [0.2, 0.25) is 10.0 Å². The molecule has 0 saturated carbocycles. The Labute approximate surface area is 241 Å². The molecule has 3 aliphatic heterocycles. The summed E-state index contributed by atoms with van der Waals surface area (Å²) in [6, 6.07) is 10.5. The highest BCUT2D eigenvalue weighted by atomic mass is 32.2. The van der Waals surface area contributed by atoms with Crippen molar-refractivity contribution in [1.82, 2.24) is 14.5 Å². The van der Waals surface area contributed by atoms with Crippen molar-refractivity contribution >= 4 is 27.7 Å². The van der Waals surface area contributed by atoms with Gasteiger partial charge < -0.3 is 19.7 Å². The number of amidine groups is 1. The fraction of sp³-hybridized carbons (Fsp3) is 0.464. The van der Waals surface area contributed by atoms with Crippen molar-refractivity contribution in [3.8, 4) is 5.75 Å². The van der Waals surface area contributed by atoms with Gasteiger partial charge in [-0.2, -0.15) is 0 Å². The van der Waals surface area contributed by atoms with Crippen LogP contribution in [0, 0.1) is 6.92 Å². The van der Waals surface area contributed by atoms with Gasteiger partial charge in [0.1, 0.15) is 17.1 Å². The molecule has 2 amide bonds. The number of aryl methyl sites for hydroxylation is 1. The molecule has 2 fully saturated rings. The van der Waals surface area contributed by atoms with Crippen molar-refractivity contribution in [2.45, 2.75) is 38.1 Å². The zero-order chi connectivity index (χ0) is 30.1. The van der Waals surface area contributed by atoms with E-state index in [1.807, 2.05) is 13.0 Å². The van der Waals surface area contributed by atoms with Gasteiger partial charge in [-0.1, -0.05) is 24.3 Å². The lowest BCUT2D eigenvalue weighted by atomic mass is 9.89. The standard InChI is InChI=1S/C28H31F3N4O6S/c1-19-20(4-3-7-23(19)25(36)34-13-15-40-16-14-34)8-17-42(38,39)35-11-9-27(10-12-35)26(37)32-24(33-27)21-5-2-6-22(18-21)41-28(29,30)31/h2-7,18H,8-17H2,1H3,(H,32,33,37). The number of hydrogen-bond donors (Lipinski definition) is 1. The zero-order valence-corrected chi connectivity index (χ0v) is 23.8. The summed E-state index contributed by atoms with van der Waals surface area (Å²) >= 11 is 0. The summed E-state index contributed by atoms with van der Waals surface area (Å²) in [5, 5.41) is 2.63. The van der Waals surface area contributed by atoms with E-state index in [9.17, 15) is 31.2 Å². The van der Waals surface area contributed by atoms with Crippen molar-refractivity contribution in [2.24, 2.45) is 4.99 Å². The Kier molecular flexibility index (Phi) is 8.32. The van der Waals surface area contributed by atoms with Gasteiger partial charge in [-0.05, 0) is 55.5 Å². The first-order valence-corrected chi connectivity index (χ1v) is 15.2. The summed E-state index contributed by atoms with van der Waals surface area (Å²) in [5.41, 5.74) is 1.11. The molecule has 1 N–H and O–H groups in total. The van der Waals surface area contributed by atoms with E-state index in [4.69, 9.17) is 4.74 Å². The topological polar surface area (TPSA) is 118 Å². The first-order chi connectivity index (χ1) is 19.9. The van der Waals surface area contributed by atoms with Crippen LogP contribution in [0.25, 0.3) is 0 Å². The number of morpholine rings is 1. The molecule has 2 aromatic carbocycles. The van der Waals surface area contributed by atoms with Crippen LogP contribution in [0.1, 0.15) is 39.9 Å². The minimum absolute atomic E-state index is 0.0678. The van der Waals surface area contributed by atoms with Gasteiger partial charge in [0.05, 0.1) is 19.0 Å². The van der Waals surface area contributed by atoms with Crippen molar-refractivity contribution in [3.05, 3.63) is 64.7 Å². The minimum atomic E-state index is -4.86. The van der Waals surface area contributed by atoms with Crippen LogP contribution in [0.15, 0.2) is 47.5 Å². The second-order valence-electron chi connectivity index (χ2n) is 10.5. The van der Waals surface area contributed by atoms with Gasteiger partial charge in [-0.15, -0.1) is 13.2 Å². The predicted octanol–water partition coefficient (Wildman–Crippen LogP) is 2.65. The molecule has 1 spiro atoms. The monoisotopic (exact) mass is 608 g/mol. The molecule has 0 atom stereocenters. The first kappa shape index (κ1) is 30.0. The number of benzene rings is 2. The van der Waals surface area contributed by atoms with Gasteiger partial charge >= 0.3 is 6.36 Å². The normalized spacial score (nSPS) is 19.5. The Balaban J connectivity index is 1.22. The molecule has 0 aliphatic carbocycles. The van der Waals surface area contributed by atoms with Gasteiger partial charge in [-0.3, -0.25) is 14.6 Å². The highest BCUT2D eigenvalue weighted by Crippen LogP contribution is 2.33. The van der Waals surface area contributed by atoms with Crippen molar-refractivity contribution in [2.75, 3.05) is 45.1 Å². The number of hydrogen-bond acceptors (Lipinski definition) is 7. The van der Waals surface area contributed by atoms with Crippen LogP contribution in [-0.4, -0.2) is 92.3 Å². The Morgan fingerprint density at radius 2 is 1.79 bits per heavy atom. The molecule has 10 nitrogen and oxygen atoms in total. The van der Waals surface area contributed by atoms with E-state index in [2.05, 4.69) is 15.0 Å². The number of ether oxygens (including phenoxy) is 2. The average molecular weight is 609 g/mol. The molecule has 3 aliphatic rings. The Hall–Kier alpha value is -3.49. The van der Waals surface area contributed by atoms with Crippen LogP contribution >= 0.6 is 0 Å². The molecular weight excluding hydrogens is 577 g/mol. The van der Waals surface area contributed by atoms with E-state index in [0.29, 0.717) is 31.9 Å². The van der Waals surface area contributed by atoms with Gasteiger partial charge in [-0.25, -0.2) is 12.7 Å². The number of carbonyl (C=O) groups excluding carboxylic acids is 2. The maximum atomic E-state index is 13.3.